The van der Waals surface area contributed by atoms with E-state index in [-0.39, 0.29) is 0 Å². The predicted molar refractivity (Wildman–Crippen MR) is 192 cm³/mol. The molecule has 8 aromatic carbocycles. The van der Waals surface area contributed by atoms with Crippen LogP contribution in [0.3, 0.4) is 0 Å². The molecular formula is C44H27NO. The number of fused-ring (bicyclic) bond motifs is 6. The van der Waals surface area contributed by atoms with Crippen molar-refractivity contribution >= 4 is 43.4 Å². The maximum absolute atomic E-state index is 6.46. The molecule has 0 atom stereocenters. The number of para-hydroxylation sites is 3. The lowest BCUT2D eigenvalue weighted by molar-refractivity contribution is 0.487. The van der Waals surface area contributed by atoms with E-state index < -0.39 is 0 Å². The van der Waals surface area contributed by atoms with Gasteiger partial charge < -0.3 is 9.30 Å². The molecular weight excluding hydrogens is 558 g/mol. The van der Waals surface area contributed by atoms with E-state index in [1.54, 1.807) is 0 Å². The number of nitrogens with zero attached hydrogens (tertiary/aromatic N) is 1. The Morgan fingerprint density at radius 3 is 1.93 bits per heavy atom. The van der Waals surface area contributed by atoms with Gasteiger partial charge in [-0.25, -0.2) is 0 Å². The van der Waals surface area contributed by atoms with Crippen molar-refractivity contribution in [2.24, 2.45) is 0 Å². The van der Waals surface area contributed by atoms with Crippen molar-refractivity contribution in [3.8, 4) is 50.6 Å². The molecule has 0 unspecified atom stereocenters. The van der Waals surface area contributed by atoms with Crippen LogP contribution in [-0.2, 0) is 0 Å². The molecule has 2 nitrogen and oxygen atoms in total. The molecule has 2 heterocycles. The number of aromatic nitrogens is 1. The Balaban J connectivity index is 1.33. The molecule has 1 aromatic heterocycles. The van der Waals surface area contributed by atoms with Gasteiger partial charge in [-0.15, -0.1) is 0 Å². The molecule has 0 saturated heterocycles. The SMILES string of the molecule is c1ccc(-n2c3ccccc3c3c(-c4ccccc4-c4ccc5c6c(cccc46)-c4ccccc4O5)c4ccccc4cc32)cc1. The number of hydrogen-bond donors (Lipinski definition) is 0. The summed E-state index contributed by atoms with van der Waals surface area (Å²) in [6.45, 7) is 0. The van der Waals surface area contributed by atoms with E-state index in [9.17, 15) is 0 Å². The fourth-order valence-corrected chi connectivity index (χ4v) is 7.68. The molecule has 0 bridgehead atoms. The summed E-state index contributed by atoms with van der Waals surface area (Å²) >= 11 is 0. The molecule has 0 fully saturated rings. The fraction of sp³-hybridized carbons (Fsp3) is 0. The monoisotopic (exact) mass is 585 g/mol. The van der Waals surface area contributed by atoms with Gasteiger partial charge in [0.2, 0.25) is 0 Å². The highest BCUT2D eigenvalue weighted by Crippen LogP contribution is 2.51. The van der Waals surface area contributed by atoms with Crippen LogP contribution in [0.4, 0.5) is 0 Å². The van der Waals surface area contributed by atoms with Gasteiger partial charge in [0.25, 0.3) is 0 Å². The molecule has 10 rings (SSSR count). The van der Waals surface area contributed by atoms with E-state index in [1.807, 2.05) is 6.07 Å². The second-order valence-electron chi connectivity index (χ2n) is 12.0. The second-order valence-corrected chi connectivity index (χ2v) is 12.0. The first-order chi connectivity index (χ1) is 22.8. The van der Waals surface area contributed by atoms with Crippen molar-refractivity contribution in [2.45, 2.75) is 0 Å². The third-order valence-electron chi connectivity index (χ3n) is 9.58. The van der Waals surface area contributed by atoms with Gasteiger partial charge in [0, 0.05) is 33.0 Å². The average Bonchev–Trinajstić information content (AvgIpc) is 3.45. The third-order valence-corrected chi connectivity index (χ3v) is 9.58. The lowest BCUT2D eigenvalue weighted by atomic mass is 9.85. The molecule has 0 radical (unpaired) electrons. The maximum Gasteiger partial charge on any atom is 0.135 e. The highest BCUT2D eigenvalue weighted by molar-refractivity contribution is 6.24. The highest BCUT2D eigenvalue weighted by Gasteiger charge is 2.24. The van der Waals surface area contributed by atoms with Crippen LogP contribution in [0.15, 0.2) is 164 Å². The summed E-state index contributed by atoms with van der Waals surface area (Å²) in [5.74, 6) is 1.81. The molecule has 1 aliphatic heterocycles. The first-order valence-corrected chi connectivity index (χ1v) is 15.8. The van der Waals surface area contributed by atoms with Crippen LogP contribution in [0, 0.1) is 0 Å². The molecule has 2 heteroatoms. The summed E-state index contributed by atoms with van der Waals surface area (Å²) in [4.78, 5) is 0. The molecule has 9 aromatic rings. The second kappa shape index (κ2) is 9.69. The number of benzene rings is 8. The Morgan fingerprint density at radius 1 is 0.370 bits per heavy atom. The Hall–Kier alpha value is -6.12. The quantitative estimate of drug-likeness (QED) is 0.201. The van der Waals surface area contributed by atoms with E-state index in [4.69, 9.17) is 4.74 Å². The Kier molecular flexibility index (Phi) is 5.31. The summed E-state index contributed by atoms with van der Waals surface area (Å²) in [5.41, 5.74) is 10.8. The molecule has 0 saturated carbocycles. The molecule has 0 spiro atoms. The van der Waals surface area contributed by atoms with Gasteiger partial charge in [-0.1, -0.05) is 127 Å². The summed E-state index contributed by atoms with van der Waals surface area (Å²) in [6.07, 6.45) is 0. The first kappa shape index (κ1) is 25.2. The zero-order chi connectivity index (χ0) is 30.2. The van der Waals surface area contributed by atoms with Crippen molar-refractivity contribution in [3.63, 3.8) is 0 Å². The van der Waals surface area contributed by atoms with E-state index in [0.29, 0.717) is 0 Å². The van der Waals surface area contributed by atoms with Gasteiger partial charge in [-0.2, -0.15) is 0 Å². The van der Waals surface area contributed by atoms with Crippen LogP contribution in [0.1, 0.15) is 0 Å². The molecule has 0 aliphatic carbocycles. The zero-order valence-electron chi connectivity index (χ0n) is 24.9. The minimum atomic E-state index is 0.906. The lowest BCUT2D eigenvalue weighted by Gasteiger charge is -2.23. The first-order valence-electron chi connectivity index (χ1n) is 15.8. The van der Waals surface area contributed by atoms with Crippen LogP contribution < -0.4 is 4.74 Å². The summed E-state index contributed by atoms with van der Waals surface area (Å²) < 4.78 is 8.88. The average molecular weight is 586 g/mol. The van der Waals surface area contributed by atoms with E-state index >= 15 is 0 Å². The Morgan fingerprint density at radius 2 is 1.04 bits per heavy atom. The van der Waals surface area contributed by atoms with Gasteiger partial charge in [0.05, 0.1) is 11.0 Å². The molecule has 1 aliphatic rings. The van der Waals surface area contributed by atoms with Crippen LogP contribution in [0.5, 0.6) is 11.5 Å². The highest BCUT2D eigenvalue weighted by atomic mass is 16.5. The lowest BCUT2D eigenvalue weighted by Crippen LogP contribution is -1.98. The van der Waals surface area contributed by atoms with Crippen LogP contribution in [0.2, 0.25) is 0 Å². The van der Waals surface area contributed by atoms with Gasteiger partial charge in [0.15, 0.2) is 0 Å². The predicted octanol–water partition coefficient (Wildman–Crippen LogP) is 12.2. The largest absolute Gasteiger partial charge is 0.456 e. The van der Waals surface area contributed by atoms with Crippen LogP contribution >= 0.6 is 0 Å². The van der Waals surface area contributed by atoms with Crippen LogP contribution in [0.25, 0.3) is 82.4 Å². The van der Waals surface area contributed by atoms with E-state index in [0.717, 1.165) is 28.1 Å². The molecule has 214 valence electrons. The van der Waals surface area contributed by atoms with Crippen molar-refractivity contribution in [3.05, 3.63) is 164 Å². The van der Waals surface area contributed by atoms with Gasteiger partial charge >= 0.3 is 0 Å². The number of ether oxygens (including phenoxy) is 1. The summed E-state index contributed by atoms with van der Waals surface area (Å²) in [6, 6.07) is 59.0. The van der Waals surface area contributed by atoms with E-state index in [1.165, 1.54) is 65.8 Å². The fourth-order valence-electron chi connectivity index (χ4n) is 7.68. The number of hydrogen-bond acceptors (Lipinski definition) is 1. The summed E-state index contributed by atoms with van der Waals surface area (Å²) in [7, 11) is 0. The zero-order valence-corrected chi connectivity index (χ0v) is 24.9. The minimum Gasteiger partial charge on any atom is -0.456 e. The minimum absolute atomic E-state index is 0.906. The maximum atomic E-state index is 6.46. The van der Waals surface area contributed by atoms with Gasteiger partial charge in [0.1, 0.15) is 11.5 Å². The van der Waals surface area contributed by atoms with Crippen molar-refractivity contribution in [1.29, 1.82) is 0 Å². The smallest absolute Gasteiger partial charge is 0.135 e. The van der Waals surface area contributed by atoms with Crippen LogP contribution in [-0.4, -0.2) is 4.57 Å². The van der Waals surface area contributed by atoms with Crippen molar-refractivity contribution in [2.75, 3.05) is 0 Å². The third kappa shape index (κ3) is 3.53. The number of rotatable bonds is 3. The van der Waals surface area contributed by atoms with Crippen molar-refractivity contribution in [1.82, 2.24) is 4.57 Å². The van der Waals surface area contributed by atoms with E-state index in [2.05, 4.69) is 162 Å². The Bertz CT molecular complexity index is 2660. The summed E-state index contributed by atoms with van der Waals surface area (Å²) in [5, 5.41) is 7.35. The molecule has 46 heavy (non-hydrogen) atoms. The normalized spacial score (nSPS) is 12.1. The molecule has 0 N–H and O–H groups in total. The Labute approximate surface area is 266 Å². The molecule has 0 amide bonds. The van der Waals surface area contributed by atoms with Crippen molar-refractivity contribution < 1.29 is 4.74 Å². The topological polar surface area (TPSA) is 14.2 Å². The van der Waals surface area contributed by atoms with Gasteiger partial charge in [-0.05, 0) is 74.8 Å². The van der Waals surface area contributed by atoms with Gasteiger partial charge in [-0.3, -0.25) is 0 Å². The standard InChI is InChI=1S/C44H27NO/c1-2-14-29(15-3-1)45-38-23-10-8-20-37(38)44-39(45)27-28-13-4-5-16-30(28)43(44)35-19-7-6-17-31(35)32-25-26-41-42-34(32)21-12-22-36(42)33-18-9-11-24-40(33)46-41/h1-27H.